The number of hydrogen-bond donors (Lipinski definition) is 2. The number of rotatable bonds is 2. The van der Waals surface area contributed by atoms with Crippen molar-refractivity contribution in [2.45, 2.75) is 0 Å². The molecular weight excluding hydrogens is 334 g/mol. The van der Waals surface area contributed by atoms with E-state index in [1.165, 1.54) is 18.2 Å². The Kier molecular flexibility index (Phi) is 4.44. The Hall–Kier alpha value is -1.53. The monoisotopic (exact) mass is 342 g/mol. The lowest BCUT2D eigenvalue weighted by Crippen LogP contribution is -2.19. The molecule has 0 fully saturated rings. The van der Waals surface area contributed by atoms with E-state index in [1.54, 1.807) is 24.3 Å². The predicted octanol–water partition coefficient (Wildman–Crippen LogP) is 4.54. The summed E-state index contributed by atoms with van der Waals surface area (Å²) in [4.78, 5) is 0. The summed E-state index contributed by atoms with van der Waals surface area (Å²) in [6.07, 6.45) is 0. The van der Waals surface area contributed by atoms with E-state index in [1.807, 2.05) is 0 Å². The van der Waals surface area contributed by atoms with Crippen molar-refractivity contribution in [3.05, 3.63) is 58.6 Å². The van der Waals surface area contributed by atoms with Crippen LogP contribution in [-0.2, 0) is 0 Å². The van der Waals surface area contributed by atoms with Gasteiger partial charge in [0.25, 0.3) is 0 Å². The smallest absolute Gasteiger partial charge is 0.175 e. The molecule has 0 radical (unpaired) electrons. The molecule has 0 spiro atoms. The summed E-state index contributed by atoms with van der Waals surface area (Å²) >= 11 is 8.22. The third-order valence-electron chi connectivity index (χ3n) is 2.28. The van der Waals surface area contributed by atoms with Crippen molar-refractivity contribution in [1.82, 2.24) is 0 Å². The molecule has 0 aliphatic heterocycles. The maximum atomic E-state index is 13.6. The first-order valence-corrected chi connectivity index (χ1v) is 6.53. The Bertz CT molecular complexity index is 602. The van der Waals surface area contributed by atoms with Gasteiger partial charge < -0.3 is 10.6 Å². The first-order valence-electron chi connectivity index (χ1n) is 5.33. The lowest BCUT2D eigenvalue weighted by Gasteiger charge is -2.11. The number of hydrogen-bond acceptors (Lipinski definition) is 1. The molecule has 2 nitrogen and oxygen atoms in total. The molecule has 6 heteroatoms. The Morgan fingerprint density at radius 1 is 1.00 bits per heavy atom. The largest absolute Gasteiger partial charge is 0.332 e. The van der Waals surface area contributed by atoms with Crippen molar-refractivity contribution < 1.29 is 8.78 Å². The second kappa shape index (κ2) is 6.08. The van der Waals surface area contributed by atoms with Gasteiger partial charge in [0.1, 0.15) is 11.6 Å². The van der Waals surface area contributed by atoms with Crippen molar-refractivity contribution >= 4 is 44.6 Å². The molecule has 0 saturated carbocycles. The standard InChI is InChI=1S/C13H9BrF2N2S/c14-8-1-6-12(11(16)7-8)18-13(19)17-10-4-2-9(15)3-5-10/h1-7H,(H2,17,18,19). The average Bonchev–Trinajstić information content (AvgIpc) is 2.36. The zero-order valence-corrected chi connectivity index (χ0v) is 12.0. The average molecular weight is 343 g/mol. The molecule has 0 aliphatic rings. The lowest BCUT2D eigenvalue weighted by molar-refractivity contribution is 0.628. The minimum atomic E-state index is -0.419. The molecule has 0 aliphatic carbocycles. The SMILES string of the molecule is Fc1ccc(NC(=S)Nc2ccc(Br)cc2F)cc1. The molecular formula is C13H9BrF2N2S. The maximum absolute atomic E-state index is 13.6. The number of benzene rings is 2. The van der Waals surface area contributed by atoms with Gasteiger partial charge in [-0.2, -0.15) is 0 Å². The van der Waals surface area contributed by atoms with Gasteiger partial charge in [-0.1, -0.05) is 15.9 Å². The van der Waals surface area contributed by atoms with Crippen LogP contribution in [0.5, 0.6) is 0 Å². The second-order valence-electron chi connectivity index (χ2n) is 3.71. The molecule has 0 unspecified atom stereocenters. The molecule has 19 heavy (non-hydrogen) atoms. The molecule has 2 N–H and O–H groups in total. The minimum absolute atomic E-state index is 0.229. The van der Waals surface area contributed by atoms with Crippen LogP contribution >= 0.6 is 28.1 Å². The molecule has 0 atom stereocenters. The van der Waals surface area contributed by atoms with E-state index in [4.69, 9.17) is 12.2 Å². The van der Waals surface area contributed by atoms with Crippen LogP contribution in [0.2, 0.25) is 0 Å². The first kappa shape index (κ1) is 13.9. The third-order valence-corrected chi connectivity index (χ3v) is 2.98. The van der Waals surface area contributed by atoms with E-state index in [0.29, 0.717) is 10.2 Å². The normalized spacial score (nSPS) is 10.1. The summed E-state index contributed by atoms with van der Waals surface area (Å²) in [7, 11) is 0. The second-order valence-corrected chi connectivity index (χ2v) is 5.03. The Labute approximate surface area is 123 Å². The van der Waals surface area contributed by atoms with Crippen LogP contribution in [0.15, 0.2) is 46.9 Å². The molecule has 0 bridgehead atoms. The van der Waals surface area contributed by atoms with Gasteiger partial charge in [0, 0.05) is 10.2 Å². The first-order chi connectivity index (χ1) is 9.04. The summed E-state index contributed by atoms with van der Waals surface area (Å²) in [5.41, 5.74) is 0.888. The molecule has 2 rings (SSSR count). The van der Waals surface area contributed by atoms with Gasteiger partial charge in [0.05, 0.1) is 5.69 Å². The van der Waals surface area contributed by atoms with Gasteiger partial charge in [-0.3, -0.25) is 0 Å². The summed E-state index contributed by atoms with van der Waals surface area (Å²) in [6, 6.07) is 10.3. The van der Waals surface area contributed by atoms with Gasteiger partial charge in [-0.05, 0) is 54.7 Å². The van der Waals surface area contributed by atoms with Crippen LogP contribution in [0.4, 0.5) is 20.2 Å². The van der Waals surface area contributed by atoms with E-state index in [0.717, 1.165) is 0 Å². The highest BCUT2D eigenvalue weighted by molar-refractivity contribution is 9.10. The van der Waals surface area contributed by atoms with Crippen molar-refractivity contribution in [2.75, 3.05) is 10.6 Å². The van der Waals surface area contributed by atoms with Crippen LogP contribution in [-0.4, -0.2) is 5.11 Å². The van der Waals surface area contributed by atoms with E-state index in [2.05, 4.69) is 26.6 Å². The lowest BCUT2D eigenvalue weighted by atomic mass is 10.3. The van der Waals surface area contributed by atoms with Gasteiger partial charge in [0.2, 0.25) is 0 Å². The number of thiocarbonyl (C=S) groups is 1. The van der Waals surface area contributed by atoms with Crippen molar-refractivity contribution in [3.8, 4) is 0 Å². The zero-order valence-electron chi connectivity index (χ0n) is 9.58. The number of nitrogens with one attached hydrogen (secondary N) is 2. The molecule has 2 aromatic carbocycles. The molecule has 0 amide bonds. The topological polar surface area (TPSA) is 24.1 Å². The van der Waals surface area contributed by atoms with Gasteiger partial charge in [-0.25, -0.2) is 8.78 Å². The fourth-order valence-electron chi connectivity index (χ4n) is 1.41. The molecule has 0 aromatic heterocycles. The fourth-order valence-corrected chi connectivity index (χ4v) is 1.97. The number of halogens is 3. The van der Waals surface area contributed by atoms with Crippen LogP contribution < -0.4 is 10.6 Å². The predicted molar refractivity (Wildman–Crippen MR) is 80.3 cm³/mol. The van der Waals surface area contributed by atoms with Crippen molar-refractivity contribution in [1.29, 1.82) is 0 Å². The van der Waals surface area contributed by atoms with Crippen LogP contribution in [0.25, 0.3) is 0 Å². The molecule has 0 saturated heterocycles. The third kappa shape index (κ3) is 3.97. The highest BCUT2D eigenvalue weighted by atomic mass is 79.9. The van der Waals surface area contributed by atoms with Gasteiger partial charge in [0.15, 0.2) is 5.11 Å². The van der Waals surface area contributed by atoms with Crippen molar-refractivity contribution in [2.24, 2.45) is 0 Å². The van der Waals surface area contributed by atoms with E-state index in [-0.39, 0.29) is 16.6 Å². The highest BCUT2D eigenvalue weighted by Crippen LogP contribution is 2.19. The molecule has 98 valence electrons. The summed E-state index contributed by atoms with van der Waals surface area (Å²) < 4.78 is 27.0. The quantitative estimate of drug-likeness (QED) is 0.783. The fraction of sp³-hybridized carbons (Fsp3) is 0. The van der Waals surface area contributed by atoms with Gasteiger partial charge >= 0.3 is 0 Å². The van der Waals surface area contributed by atoms with E-state index >= 15 is 0 Å². The summed E-state index contributed by atoms with van der Waals surface area (Å²) in [6.45, 7) is 0. The number of anilines is 2. The Balaban J connectivity index is 2.03. The summed E-state index contributed by atoms with van der Waals surface area (Å²) in [5, 5.41) is 5.80. The Morgan fingerprint density at radius 3 is 2.32 bits per heavy atom. The molecule has 0 heterocycles. The Morgan fingerprint density at radius 2 is 1.68 bits per heavy atom. The van der Waals surface area contributed by atoms with Crippen molar-refractivity contribution in [3.63, 3.8) is 0 Å². The minimum Gasteiger partial charge on any atom is -0.332 e. The maximum Gasteiger partial charge on any atom is 0.175 e. The summed E-state index contributed by atoms with van der Waals surface area (Å²) in [5.74, 6) is -0.749. The van der Waals surface area contributed by atoms with Crippen LogP contribution in [0.1, 0.15) is 0 Å². The van der Waals surface area contributed by atoms with E-state index in [9.17, 15) is 8.78 Å². The van der Waals surface area contributed by atoms with Gasteiger partial charge in [-0.15, -0.1) is 0 Å². The van der Waals surface area contributed by atoms with Crippen LogP contribution in [0, 0.1) is 11.6 Å². The van der Waals surface area contributed by atoms with Crippen LogP contribution in [0.3, 0.4) is 0 Å². The highest BCUT2D eigenvalue weighted by Gasteiger charge is 2.05. The molecule has 2 aromatic rings. The zero-order chi connectivity index (χ0) is 13.8. The van der Waals surface area contributed by atoms with E-state index < -0.39 is 5.82 Å².